The molecule has 164 valence electrons. The molecule has 3 aliphatic heterocycles. The maximum absolute atomic E-state index is 12.9. The third-order valence-electron chi connectivity index (χ3n) is 6.23. The first-order chi connectivity index (χ1) is 14.4. The summed E-state index contributed by atoms with van der Waals surface area (Å²) in [5, 5.41) is 0. The van der Waals surface area contributed by atoms with Gasteiger partial charge in [0.25, 0.3) is 0 Å². The van der Waals surface area contributed by atoms with Crippen LogP contribution in [0.5, 0.6) is 0 Å². The van der Waals surface area contributed by atoms with Crippen LogP contribution in [-0.4, -0.2) is 68.9 Å². The van der Waals surface area contributed by atoms with Gasteiger partial charge in [0, 0.05) is 38.4 Å². The maximum Gasteiger partial charge on any atom is 0.324 e. The summed E-state index contributed by atoms with van der Waals surface area (Å²) in [6.07, 6.45) is 5.72. The van der Waals surface area contributed by atoms with Gasteiger partial charge in [0.05, 0.1) is 10.9 Å². The van der Waals surface area contributed by atoms with Crippen molar-refractivity contribution in [3.8, 4) is 0 Å². The predicted molar refractivity (Wildman–Crippen MR) is 114 cm³/mol. The number of urea groups is 1. The number of sulfonamides is 1. The molecule has 2 fully saturated rings. The Labute approximate surface area is 178 Å². The van der Waals surface area contributed by atoms with Crippen molar-refractivity contribution in [1.29, 1.82) is 0 Å². The summed E-state index contributed by atoms with van der Waals surface area (Å²) in [5.74, 6) is -0.179. The summed E-state index contributed by atoms with van der Waals surface area (Å²) in [7, 11) is -3.83. The summed E-state index contributed by atoms with van der Waals surface area (Å²) in [4.78, 5) is 30.8. The van der Waals surface area contributed by atoms with Crippen LogP contribution in [0.1, 0.15) is 44.6 Å². The van der Waals surface area contributed by atoms with Gasteiger partial charge in [-0.1, -0.05) is 0 Å². The molecule has 8 nitrogen and oxygen atoms in total. The number of carbonyl (C=O) groups is 2. The van der Waals surface area contributed by atoms with E-state index in [0.717, 1.165) is 56.4 Å². The van der Waals surface area contributed by atoms with E-state index in [0.29, 0.717) is 26.1 Å². The third kappa shape index (κ3) is 4.18. The van der Waals surface area contributed by atoms with Gasteiger partial charge in [0.15, 0.2) is 0 Å². The second-order valence-electron chi connectivity index (χ2n) is 8.40. The number of fused-ring (bicyclic) bond motifs is 1. The Morgan fingerprint density at radius 1 is 0.933 bits per heavy atom. The smallest absolute Gasteiger partial charge is 0.324 e. The highest BCUT2D eigenvalue weighted by molar-refractivity contribution is 7.89. The number of hydrogen-bond acceptors (Lipinski definition) is 4. The van der Waals surface area contributed by atoms with E-state index < -0.39 is 16.1 Å². The SMILES string of the molecule is C[C@H](NS(=O)(=O)c1ccc2c(c1)CCN2C(=O)N1CCCC1)C(=O)N1CCCCC1. The average molecular weight is 435 g/mol. The lowest BCUT2D eigenvalue weighted by Crippen LogP contribution is -2.48. The van der Waals surface area contributed by atoms with E-state index in [1.165, 1.54) is 6.07 Å². The molecule has 0 aromatic heterocycles. The van der Waals surface area contributed by atoms with Crippen LogP contribution in [0.15, 0.2) is 23.1 Å². The minimum Gasteiger partial charge on any atom is -0.341 e. The second kappa shape index (κ2) is 8.55. The van der Waals surface area contributed by atoms with E-state index in [1.54, 1.807) is 28.9 Å². The molecule has 0 spiro atoms. The number of rotatable bonds is 4. The molecular formula is C21H30N4O4S. The molecule has 0 saturated carbocycles. The number of carbonyl (C=O) groups excluding carboxylic acids is 2. The van der Waals surface area contributed by atoms with E-state index in [9.17, 15) is 18.0 Å². The van der Waals surface area contributed by atoms with Crippen molar-refractivity contribution in [2.24, 2.45) is 0 Å². The van der Waals surface area contributed by atoms with Crippen LogP contribution in [0.4, 0.5) is 10.5 Å². The van der Waals surface area contributed by atoms with Gasteiger partial charge in [-0.15, -0.1) is 0 Å². The van der Waals surface area contributed by atoms with Gasteiger partial charge in [0.1, 0.15) is 0 Å². The minimum atomic E-state index is -3.83. The normalized spacial score (nSPS) is 20.4. The Hall–Kier alpha value is -2.13. The molecular weight excluding hydrogens is 404 g/mol. The van der Waals surface area contributed by atoms with Crippen LogP contribution in [0.3, 0.4) is 0 Å². The molecule has 2 saturated heterocycles. The van der Waals surface area contributed by atoms with Crippen LogP contribution < -0.4 is 9.62 Å². The van der Waals surface area contributed by atoms with E-state index in [4.69, 9.17) is 0 Å². The lowest BCUT2D eigenvalue weighted by molar-refractivity contribution is -0.133. The quantitative estimate of drug-likeness (QED) is 0.784. The van der Waals surface area contributed by atoms with Gasteiger partial charge in [0.2, 0.25) is 15.9 Å². The first-order valence-electron chi connectivity index (χ1n) is 10.9. The van der Waals surface area contributed by atoms with Crippen molar-refractivity contribution in [2.45, 2.75) is 56.4 Å². The number of benzene rings is 1. The van der Waals surface area contributed by atoms with Gasteiger partial charge in [-0.25, -0.2) is 13.2 Å². The van der Waals surface area contributed by atoms with Crippen molar-refractivity contribution >= 4 is 27.6 Å². The van der Waals surface area contributed by atoms with Crippen LogP contribution >= 0.6 is 0 Å². The Morgan fingerprint density at radius 3 is 2.27 bits per heavy atom. The molecule has 3 amide bonds. The van der Waals surface area contributed by atoms with Gasteiger partial charge in [-0.2, -0.15) is 4.72 Å². The summed E-state index contributed by atoms with van der Waals surface area (Å²) >= 11 is 0. The molecule has 30 heavy (non-hydrogen) atoms. The zero-order valence-electron chi connectivity index (χ0n) is 17.5. The third-order valence-corrected chi connectivity index (χ3v) is 7.77. The van der Waals surface area contributed by atoms with Crippen molar-refractivity contribution in [2.75, 3.05) is 37.6 Å². The zero-order chi connectivity index (χ0) is 21.3. The molecule has 0 aliphatic carbocycles. The summed E-state index contributed by atoms with van der Waals surface area (Å²) in [6.45, 7) is 5.09. The lowest BCUT2D eigenvalue weighted by Gasteiger charge is -2.29. The number of anilines is 1. The van der Waals surface area contributed by atoms with Crippen LogP contribution in [0, 0.1) is 0 Å². The van der Waals surface area contributed by atoms with Crippen LogP contribution in [-0.2, 0) is 21.2 Å². The molecule has 0 unspecified atom stereocenters. The van der Waals surface area contributed by atoms with Crippen LogP contribution in [0.2, 0.25) is 0 Å². The molecule has 9 heteroatoms. The van der Waals surface area contributed by atoms with Crippen LogP contribution in [0.25, 0.3) is 0 Å². The number of amides is 3. The van der Waals surface area contributed by atoms with Gasteiger partial charge >= 0.3 is 6.03 Å². The van der Waals surface area contributed by atoms with Gasteiger partial charge in [-0.3, -0.25) is 9.69 Å². The minimum absolute atomic E-state index is 0.000678. The first kappa shape index (κ1) is 21.1. The van der Waals surface area contributed by atoms with E-state index in [2.05, 4.69) is 4.72 Å². The summed E-state index contributed by atoms with van der Waals surface area (Å²) in [6, 6.07) is 4.06. The van der Waals surface area contributed by atoms with Gasteiger partial charge in [-0.05, 0) is 69.2 Å². The average Bonchev–Trinajstić information content (AvgIpc) is 3.42. The Morgan fingerprint density at radius 2 is 1.57 bits per heavy atom. The highest BCUT2D eigenvalue weighted by Gasteiger charge is 2.32. The Bertz CT molecular complexity index is 921. The molecule has 1 N–H and O–H groups in total. The van der Waals surface area contributed by atoms with Crippen molar-refractivity contribution in [3.63, 3.8) is 0 Å². The largest absolute Gasteiger partial charge is 0.341 e. The number of nitrogens with zero attached hydrogens (tertiary/aromatic N) is 3. The Kier molecular flexibility index (Phi) is 6.02. The number of piperidine rings is 1. The number of likely N-dealkylation sites (tertiary alicyclic amines) is 2. The standard InChI is InChI=1S/C21H30N4O4S/c1-16(20(26)23-10-3-2-4-11-23)22-30(28,29)18-7-8-19-17(15-18)9-14-25(19)21(27)24-12-5-6-13-24/h7-8,15-16,22H,2-6,9-14H2,1H3/t16-/m0/s1. The van der Waals surface area contributed by atoms with Crippen molar-refractivity contribution in [3.05, 3.63) is 23.8 Å². The fourth-order valence-corrected chi connectivity index (χ4v) is 5.81. The molecule has 0 radical (unpaired) electrons. The molecule has 0 bridgehead atoms. The van der Waals surface area contributed by atoms with E-state index in [1.807, 2.05) is 4.90 Å². The Balaban J connectivity index is 1.46. The maximum atomic E-state index is 12.9. The monoisotopic (exact) mass is 434 g/mol. The zero-order valence-corrected chi connectivity index (χ0v) is 18.3. The number of hydrogen-bond donors (Lipinski definition) is 1. The van der Waals surface area contributed by atoms with Crippen molar-refractivity contribution < 1.29 is 18.0 Å². The summed E-state index contributed by atoms with van der Waals surface area (Å²) < 4.78 is 28.3. The molecule has 1 aromatic carbocycles. The number of nitrogens with one attached hydrogen (secondary N) is 1. The van der Waals surface area contributed by atoms with E-state index in [-0.39, 0.29) is 16.8 Å². The molecule has 3 heterocycles. The highest BCUT2D eigenvalue weighted by Crippen LogP contribution is 2.31. The van der Waals surface area contributed by atoms with Crippen molar-refractivity contribution in [1.82, 2.24) is 14.5 Å². The molecule has 1 aromatic rings. The molecule has 4 rings (SSSR count). The fraction of sp³-hybridized carbons (Fsp3) is 0.619. The predicted octanol–water partition coefficient (Wildman–Crippen LogP) is 1.94. The van der Waals surface area contributed by atoms with E-state index >= 15 is 0 Å². The topological polar surface area (TPSA) is 90.0 Å². The molecule has 1 atom stereocenters. The fourth-order valence-electron chi connectivity index (χ4n) is 4.56. The molecule has 3 aliphatic rings. The highest BCUT2D eigenvalue weighted by atomic mass is 32.2. The lowest BCUT2D eigenvalue weighted by atomic mass is 10.1. The first-order valence-corrected chi connectivity index (χ1v) is 12.4. The summed E-state index contributed by atoms with van der Waals surface area (Å²) in [5.41, 5.74) is 1.63. The van der Waals surface area contributed by atoms with Gasteiger partial charge < -0.3 is 9.80 Å². The second-order valence-corrected chi connectivity index (χ2v) is 10.1.